The van der Waals surface area contributed by atoms with E-state index < -0.39 is 6.08 Å². The molecule has 0 saturated heterocycles. The Morgan fingerprint density at radius 2 is 2.75 bits per heavy atom. The topological polar surface area (TPSA) is 40.5 Å². The van der Waals surface area contributed by atoms with Crippen molar-refractivity contribution in [2.75, 3.05) is 6.61 Å². The minimum atomic E-state index is -1.76. The van der Waals surface area contributed by atoms with E-state index in [1.807, 2.05) is 0 Å². The molecule has 0 heterocycles. The second-order valence-corrected chi connectivity index (χ2v) is 1.90. The van der Waals surface area contributed by atoms with Crippen molar-refractivity contribution in [1.82, 2.24) is 0 Å². The van der Waals surface area contributed by atoms with E-state index in [1.165, 1.54) is 6.08 Å². The molecule has 0 spiro atoms. The smallest absolute Gasteiger partial charge is 0.0727 e. The van der Waals surface area contributed by atoms with Gasteiger partial charge in [-0.25, -0.2) is 0 Å². The SMILES string of the molecule is [2H]C1=C[C@H](CO)C[C@]1([2H])O. The van der Waals surface area contributed by atoms with Crippen LogP contribution < -0.4 is 0 Å². The quantitative estimate of drug-likeness (QED) is 0.470. The molecule has 2 nitrogen and oxygen atoms in total. The van der Waals surface area contributed by atoms with Crippen LogP contribution in [0.1, 0.15) is 9.16 Å². The number of hydrogen-bond acceptors (Lipinski definition) is 2. The van der Waals surface area contributed by atoms with Gasteiger partial charge < -0.3 is 10.2 Å². The van der Waals surface area contributed by atoms with Gasteiger partial charge in [0.15, 0.2) is 0 Å². The lowest BCUT2D eigenvalue weighted by atomic mass is 10.1. The maximum Gasteiger partial charge on any atom is 0.0727 e. The number of rotatable bonds is 1. The number of hydrogen-bond donors (Lipinski definition) is 2. The molecule has 0 saturated carbocycles. The molecule has 0 aromatic rings. The predicted octanol–water partition coefficient (Wildman–Crippen LogP) is -0.0843. The first kappa shape index (κ1) is 3.64. The Bertz CT molecular complexity index is 165. The molecule has 0 radical (unpaired) electrons. The van der Waals surface area contributed by atoms with Crippen molar-refractivity contribution in [1.29, 1.82) is 0 Å². The average molecular weight is 116 g/mol. The molecule has 1 rings (SSSR count). The minimum absolute atomic E-state index is 0.0937. The summed E-state index contributed by atoms with van der Waals surface area (Å²) in [5.41, 5.74) is 0. The van der Waals surface area contributed by atoms with Gasteiger partial charge in [-0.2, -0.15) is 0 Å². The summed E-state index contributed by atoms with van der Waals surface area (Å²) in [5.74, 6) is -0.213. The van der Waals surface area contributed by atoms with Crippen LogP contribution in [-0.4, -0.2) is 22.9 Å². The lowest BCUT2D eigenvalue weighted by Gasteiger charge is -2.01. The van der Waals surface area contributed by atoms with Gasteiger partial charge in [-0.15, -0.1) is 0 Å². The van der Waals surface area contributed by atoms with E-state index in [9.17, 15) is 0 Å². The van der Waals surface area contributed by atoms with E-state index >= 15 is 0 Å². The van der Waals surface area contributed by atoms with Gasteiger partial charge in [0.05, 0.1) is 8.82 Å². The van der Waals surface area contributed by atoms with Gasteiger partial charge in [0.25, 0.3) is 0 Å². The first-order chi connectivity index (χ1) is 4.56. The van der Waals surface area contributed by atoms with Crippen LogP contribution in [0.4, 0.5) is 0 Å². The second kappa shape index (κ2) is 2.29. The van der Waals surface area contributed by atoms with Gasteiger partial charge in [-0.1, -0.05) is 12.1 Å². The Kier molecular flexibility index (Phi) is 1.04. The lowest BCUT2D eigenvalue weighted by molar-refractivity contribution is 0.181. The van der Waals surface area contributed by atoms with Crippen LogP contribution in [0.15, 0.2) is 12.1 Å². The molecule has 1 aliphatic carbocycles. The highest BCUT2D eigenvalue weighted by atomic mass is 16.3. The van der Waals surface area contributed by atoms with Gasteiger partial charge >= 0.3 is 0 Å². The van der Waals surface area contributed by atoms with Gasteiger partial charge in [0, 0.05) is 12.5 Å². The summed E-state index contributed by atoms with van der Waals surface area (Å²) >= 11 is 0. The van der Waals surface area contributed by atoms with Crippen LogP contribution in [0, 0.1) is 5.92 Å². The van der Waals surface area contributed by atoms with E-state index in [0.717, 1.165) is 0 Å². The fourth-order valence-corrected chi connectivity index (χ4v) is 0.697. The normalized spacial score (nSPS) is 50.2. The minimum Gasteiger partial charge on any atom is -0.396 e. The van der Waals surface area contributed by atoms with Crippen LogP contribution in [0.3, 0.4) is 0 Å². The molecule has 0 aromatic heterocycles. The number of aliphatic hydroxyl groups is 2. The summed E-state index contributed by atoms with van der Waals surface area (Å²) in [7, 11) is 0. The van der Waals surface area contributed by atoms with E-state index in [1.54, 1.807) is 0 Å². The van der Waals surface area contributed by atoms with Gasteiger partial charge in [0.1, 0.15) is 0 Å². The first-order valence-electron chi connectivity index (χ1n) is 3.58. The number of aliphatic hydroxyl groups excluding tert-OH is 1. The van der Waals surface area contributed by atoms with E-state index in [0.29, 0.717) is 0 Å². The summed E-state index contributed by atoms with van der Waals surface area (Å²) in [6.45, 7) is -0.0937. The Hall–Kier alpha value is -0.340. The van der Waals surface area contributed by atoms with Crippen LogP contribution in [0.5, 0.6) is 0 Å². The van der Waals surface area contributed by atoms with Crippen molar-refractivity contribution < 1.29 is 13.0 Å². The van der Waals surface area contributed by atoms with E-state index in [2.05, 4.69) is 0 Å². The highest BCUT2D eigenvalue weighted by molar-refractivity contribution is 5.01. The highest BCUT2D eigenvalue weighted by Crippen LogP contribution is 2.15. The third-order valence-corrected chi connectivity index (χ3v) is 1.18. The predicted molar refractivity (Wildman–Crippen MR) is 30.3 cm³/mol. The molecular weight excluding hydrogens is 104 g/mol. The summed E-state index contributed by atoms with van der Waals surface area (Å²) in [5, 5.41) is 17.7. The molecule has 2 N–H and O–H groups in total. The fraction of sp³-hybridized carbons (Fsp3) is 0.667. The molecule has 2 atom stereocenters. The molecule has 0 bridgehead atoms. The van der Waals surface area contributed by atoms with E-state index in [4.69, 9.17) is 13.0 Å². The third kappa shape index (κ3) is 1.08. The maximum atomic E-state index is 9.06. The fourth-order valence-electron chi connectivity index (χ4n) is 0.697. The van der Waals surface area contributed by atoms with Crippen molar-refractivity contribution in [3.8, 4) is 0 Å². The van der Waals surface area contributed by atoms with Crippen molar-refractivity contribution in [2.45, 2.75) is 12.5 Å². The molecule has 1 aliphatic rings. The van der Waals surface area contributed by atoms with Crippen molar-refractivity contribution >= 4 is 0 Å². The van der Waals surface area contributed by atoms with Crippen LogP contribution in [0.2, 0.25) is 0 Å². The molecule has 0 fully saturated rings. The highest BCUT2D eigenvalue weighted by Gasteiger charge is 2.14. The monoisotopic (exact) mass is 116 g/mol. The molecule has 8 heavy (non-hydrogen) atoms. The average Bonchev–Trinajstić information content (AvgIpc) is 2.08. The van der Waals surface area contributed by atoms with Crippen LogP contribution in [0.25, 0.3) is 0 Å². The molecule has 0 aliphatic heterocycles. The van der Waals surface area contributed by atoms with E-state index in [-0.39, 0.29) is 25.0 Å². The third-order valence-electron chi connectivity index (χ3n) is 1.18. The maximum absolute atomic E-state index is 9.06. The van der Waals surface area contributed by atoms with Crippen molar-refractivity contribution in [2.24, 2.45) is 5.92 Å². The summed E-state index contributed by atoms with van der Waals surface area (Å²) in [4.78, 5) is 0. The Morgan fingerprint density at radius 3 is 3.00 bits per heavy atom. The van der Waals surface area contributed by atoms with Gasteiger partial charge in [-0.3, -0.25) is 0 Å². The summed E-state index contributed by atoms with van der Waals surface area (Å²) < 4.78 is 14.2. The lowest BCUT2D eigenvalue weighted by Crippen LogP contribution is -2.04. The second-order valence-electron chi connectivity index (χ2n) is 1.90. The largest absolute Gasteiger partial charge is 0.396 e. The van der Waals surface area contributed by atoms with Gasteiger partial charge in [-0.05, 0) is 6.42 Å². The zero-order chi connectivity index (χ0) is 7.78. The Morgan fingerprint density at radius 1 is 2.00 bits per heavy atom. The molecular formula is C6H10O2. The zero-order valence-corrected chi connectivity index (χ0v) is 4.46. The van der Waals surface area contributed by atoms with Crippen molar-refractivity contribution in [3.63, 3.8) is 0 Å². The standard InChI is InChI=1S/C6H10O2/c7-4-5-1-2-6(8)3-5/h1-2,5-8H,3-4H2/t5-,6+/m0/s1/i2D,6D. The first-order valence-corrected chi connectivity index (χ1v) is 2.58. The van der Waals surface area contributed by atoms with Crippen LogP contribution >= 0.6 is 0 Å². The van der Waals surface area contributed by atoms with Gasteiger partial charge in [0.2, 0.25) is 0 Å². The van der Waals surface area contributed by atoms with Crippen LogP contribution in [-0.2, 0) is 0 Å². The Balaban J connectivity index is 2.68. The molecule has 0 amide bonds. The Labute approximate surface area is 51.3 Å². The molecule has 2 heteroatoms. The summed E-state index contributed by atoms with van der Waals surface area (Å²) in [6, 6.07) is -0.105. The van der Waals surface area contributed by atoms with Crippen molar-refractivity contribution in [3.05, 3.63) is 12.1 Å². The zero-order valence-electron chi connectivity index (χ0n) is 6.46. The molecule has 46 valence electrons. The molecule has 0 aromatic carbocycles. The summed E-state index contributed by atoms with van der Waals surface area (Å²) in [6.07, 6.45) is -0.192. The molecule has 0 unspecified atom stereocenters.